The van der Waals surface area contributed by atoms with Crippen molar-refractivity contribution in [2.75, 3.05) is 6.16 Å². The highest BCUT2D eigenvalue weighted by Gasteiger charge is 1.64. The van der Waals surface area contributed by atoms with Crippen LogP contribution in [0, 0.1) is 11.3 Å². The van der Waals surface area contributed by atoms with Gasteiger partial charge >= 0.3 is 0 Å². The van der Waals surface area contributed by atoms with E-state index < -0.39 is 8.46 Å². The van der Waals surface area contributed by atoms with Crippen LogP contribution in [0.4, 0.5) is 0 Å². The van der Waals surface area contributed by atoms with Gasteiger partial charge in [-0.2, -0.15) is 5.26 Å². The van der Waals surface area contributed by atoms with Crippen LogP contribution in [-0.4, -0.2) is 6.16 Å². The molecule has 0 rings (SSSR count). The van der Waals surface area contributed by atoms with E-state index in [1.165, 1.54) is 6.08 Å². The van der Waals surface area contributed by atoms with Crippen molar-refractivity contribution in [3.8, 4) is 6.07 Å². The molecule has 0 aromatic carbocycles. The fraction of sp³-hybridized carbons (Fsp3) is 0.250. The van der Waals surface area contributed by atoms with Gasteiger partial charge in [-0.05, 0) is 0 Å². The van der Waals surface area contributed by atoms with Crippen LogP contribution in [0.25, 0.3) is 0 Å². The molecule has 0 heterocycles. The molecule has 0 aromatic heterocycles. The second-order valence-electron chi connectivity index (χ2n) is 0.934. The topological polar surface area (TPSA) is 40.9 Å². The number of hydrogen-bond donors (Lipinski definition) is 0. The van der Waals surface area contributed by atoms with Crippen LogP contribution in [0.3, 0.4) is 0 Å². The molecule has 1 atom stereocenters. The molecular formula is C4H6NOP. The number of nitrogens with zero attached hydrogens (tertiary/aromatic N) is 1. The molecule has 0 aliphatic heterocycles. The highest BCUT2D eigenvalue weighted by Crippen LogP contribution is 1.88. The molecule has 0 spiro atoms. The molecular weight excluding hydrogens is 109 g/mol. The minimum atomic E-state index is -0.707. The first kappa shape index (κ1) is 6.46. The molecule has 0 saturated carbocycles. The smallest absolute Gasteiger partial charge is 0.0908 e. The highest BCUT2D eigenvalue weighted by atomic mass is 31.1. The molecule has 0 fully saturated rings. The van der Waals surface area contributed by atoms with E-state index in [0.29, 0.717) is 6.16 Å². The van der Waals surface area contributed by atoms with Crippen LogP contribution in [0.15, 0.2) is 12.2 Å². The molecule has 0 aliphatic carbocycles. The molecule has 1 unspecified atom stereocenters. The summed E-state index contributed by atoms with van der Waals surface area (Å²) in [5.74, 6) is 0. The van der Waals surface area contributed by atoms with E-state index in [1.807, 2.05) is 0 Å². The lowest BCUT2D eigenvalue weighted by molar-refractivity contribution is 0.600. The van der Waals surface area contributed by atoms with Gasteiger partial charge in [0.1, 0.15) is 0 Å². The van der Waals surface area contributed by atoms with Gasteiger partial charge in [-0.25, -0.2) is 0 Å². The zero-order valence-corrected chi connectivity index (χ0v) is 4.95. The molecule has 0 aromatic rings. The molecule has 0 radical (unpaired) electrons. The van der Waals surface area contributed by atoms with Crippen molar-refractivity contribution >= 4 is 8.46 Å². The number of hydrogen-bond acceptors (Lipinski definition) is 2. The Kier molecular flexibility index (Phi) is 5.04. The SMILES string of the molecule is N#CC=CC[PH2]=O. The zero-order chi connectivity index (χ0) is 5.54. The lowest BCUT2D eigenvalue weighted by Gasteiger charge is -1.65. The third kappa shape index (κ3) is 5.46. The van der Waals surface area contributed by atoms with E-state index in [0.717, 1.165) is 0 Å². The Labute approximate surface area is 43.7 Å². The second kappa shape index (κ2) is 5.46. The van der Waals surface area contributed by atoms with Gasteiger partial charge in [0, 0.05) is 12.2 Å². The molecule has 0 saturated heterocycles. The van der Waals surface area contributed by atoms with Gasteiger partial charge in [0.25, 0.3) is 0 Å². The molecule has 0 N–H and O–H groups in total. The Morgan fingerprint density at radius 3 is 3.00 bits per heavy atom. The largest absolute Gasteiger partial charge is 0.330 e. The molecule has 0 amide bonds. The molecule has 0 bridgehead atoms. The molecule has 7 heavy (non-hydrogen) atoms. The van der Waals surface area contributed by atoms with E-state index in [-0.39, 0.29) is 0 Å². The second-order valence-corrected chi connectivity index (χ2v) is 1.74. The predicted octanol–water partition coefficient (Wildman–Crippen LogP) is 0.822. The third-order valence-electron chi connectivity index (χ3n) is 0.425. The first-order valence-electron chi connectivity index (χ1n) is 1.90. The van der Waals surface area contributed by atoms with E-state index in [4.69, 9.17) is 5.26 Å². The van der Waals surface area contributed by atoms with Gasteiger partial charge in [0.15, 0.2) is 0 Å². The number of rotatable bonds is 2. The van der Waals surface area contributed by atoms with E-state index >= 15 is 0 Å². The van der Waals surface area contributed by atoms with Gasteiger partial charge in [0.05, 0.1) is 14.5 Å². The van der Waals surface area contributed by atoms with E-state index in [2.05, 4.69) is 0 Å². The summed E-state index contributed by atoms with van der Waals surface area (Å²) in [6.45, 7) is 0. The van der Waals surface area contributed by atoms with Crippen LogP contribution in [0.5, 0.6) is 0 Å². The van der Waals surface area contributed by atoms with Gasteiger partial charge in [-0.15, -0.1) is 0 Å². The fourth-order valence-corrected chi connectivity index (χ4v) is 0.423. The normalized spacial score (nSPS) is 10.7. The van der Waals surface area contributed by atoms with Crippen molar-refractivity contribution in [1.29, 1.82) is 5.26 Å². The van der Waals surface area contributed by atoms with Gasteiger partial charge in [-0.1, -0.05) is 6.08 Å². The monoisotopic (exact) mass is 115 g/mol. The van der Waals surface area contributed by atoms with Crippen LogP contribution in [0.2, 0.25) is 0 Å². The quantitative estimate of drug-likeness (QED) is 0.395. The minimum Gasteiger partial charge on any atom is -0.330 e. The Balaban J connectivity index is 3.14. The summed E-state index contributed by atoms with van der Waals surface area (Å²) < 4.78 is 9.73. The fourth-order valence-electron chi connectivity index (χ4n) is 0.176. The summed E-state index contributed by atoms with van der Waals surface area (Å²) in [6, 6.07) is 1.80. The molecule has 38 valence electrons. The van der Waals surface area contributed by atoms with Gasteiger partial charge < -0.3 is 4.57 Å². The number of nitriles is 1. The molecule has 0 aliphatic rings. The van der Waals surface area contributed by atoms with E-state index in [9.17, 15) is 4.57 Å². The van der Waals surface area contributed by atoms with Crippen molar-refractivity contribution in [2.45, 2.75) is 0 Å². The third-order valence-corrected chi connectivity index (χ3v) is 0.889. The zero-order valence-electron chi connectivity index (χ0n) is 3.79. The standard InChI is InChI=1S/C4H6NOP/c5-3-1-2-4-7-6/h1-2H,4,7H2. The van der Waals surface area contributed by atoms with Crippen LogP contribution in [0.1, 0.15) is 0 Å². The highest BCUT2D eigenvalue weighted by molar-refractivity contribution is 7.23. The summed E-state index contributed by atoms with van der Waals surface area (Å²) in [6.07, 6.45) is 3.49. The first-order valence-corrected chi connectivity index (χ1v) is 3.19. The average molecular weight is 115 g/mol. The predicted molar refractivity (Wildman–Crippen MR) is 30.0 cm³/mol. The van der Waals surface area contributed by atoms with Crippen LogP contribution < -0.4 is 0 Å². The Morgan fingerprint density at radius 2 is 2.57 bits per heavy atom. The van der Waals surface area contributed by atoms with Gasteiger partial charge in [-0.3, -0.25) is 0 Å². The number of allylic oxidation sites excluding steroid dienone is 2. The van der Waals surface area contributed by atoms with Crippen LogP contribution >= 0.6 is 8.46 Å². The molecule has 3 heteroatoms. The summed E-state index contributed by atoms with van der Waals surface area (Å²) in [5.41, 5.74) is 0. The maximum absolute atomic E-state index is 9.73. The summed E-state index contributed by atoms with van der Waals surface area (Å²) in [7, 11) is -0.707. The maximum Gasteiger partial charge on any atom is 0.0908 e. The van der Waals surface area contributed by atoms with Crippen molar-refractivity contribution in [3.05, 3.63) is 12.2 Å². The molecule has 2 nitrogen and oxygen atoms in total. The summed E-state index contributed by atoms with van der Waals surface area (Å²) in [5, 5.41) is 7.86. The van der Waals surface area contributed by atoms with Crippen molar-refractivity contribution < 1.29 is 4.57 Å². The lowest BCUT2D eigenvalue weighted by atomic mass is 10.6. The summed E-state index contributed by atoms with van der Waals surface area (Å²) in [4.78, 5) is 0. The minimum absolute atomic E-state index is 0.549. The first-order chi connectivity index (χ1) is 3.41. The van der Waals surface area contributed by atoms with Gasteiger partial charge in [0.2, 0.25) is 0 Å². The Hall–Kier alpha value is -0.540. The Bertz CT molecular complexity index is 113. The van der Waals surface area contributed by atoms with E-state index in [1.54, 1.807) is 12.1 Å². The average Bonchev–Trinajstić information content (AvgIpc) is 1.69. The summed E-state index contributed by atoms with van der Waals surface area (Å²) >= 11 is 0. The van der Waals surface area contributed by atoms with Crippen molar-refractivity contribution in [3.63, 3.8) is 0 Å². The lowest BCUT2D eigenvalue weighted by Crippen LogP contribution is -1.54. The van der Waals surface area contributed by atoms with Crippen LogP contribution in [-0.2, 0) is 4.57 Å². The van der Waals surface area contributed by atoms with Crippen molar-refractivity contribution in [1.82, 2.24) is 0 Å². The maximum atomic E-state index is 9.73. The Morgan fingerprint density at radius 1 is 1.86 bits per heavy atom. The van der Waals surface area contributed by atoms with Crippen molar-refractivity contribution in [2.24, 2.45) is 0 Å².